The molecular weight excluding hydrogens is 304 g/mol. The maximum absolute atomic E-state index is 6.28. The number of hydrogen-bond acceptors (Lipinski definition) is 6. The lowest BCUT2D eigenvalue weighted by Crippen LogP contribution is -2.02. The van der Waals surface area contributed by atoms with Crippen molar-refractivity contribution in [3.8, 4) is 5.69 Å². The Labute approximate surface area is 131 Å². The van der Waals surface area contributed by atoms with E-state index in [1.807, 2.05) is 18.2 Å². The molecule has 2 heterocycles. The van der Waals surface area contributed by atoms with Gasteiger partial charge in [-0.25, -0.2) is 9.67 Å². The Bertz CT molecular complexity index is 780. The highest BCUT2D eigenvalue weighted by atomic mass is 35.5. The number of anilines is 1. The minimum atomic E-state index is 0.470. The lowest BCUT2D eigenvalue weighted by atomic mass is 10.2. The van der Waals surface area contributed by atoms with Crippen LogP contribution in [-0.2, 0) is 6.54 Å². The van der Waals surface area contributed by atoms with E-state index in [9.17, 15) is 0 Å². The summed E-state index contributed by atoms with van der Waals surface area (Å²) in [6.07, 6.45) is 5.37. The van der Waals surface area contributed by atoms with Crippen molar-refractivity contribution in [3.63, 3.8) is 0 Å². The molecule has 0 saturated heterocycles. The Morgan fingerprint density at radius 2 is 2.27 bits per heavy atom. The van der Waals surface area contributed by atoms with Crippen LogP contribution < -0.4 is 5.32 Å². The van der Waals surface area contributed by atoms with Crippen molar-refractivity contribution in [2.24, 2.45) is 0 Å². The SMILES string of the molecule is Clc1cc(NCc2noc(C3CC3)n2)ccc1-n1cncn1. The van der Waals surface area contributed by atoms with E-state index in [1.165, 1.54) is 6.33 Å². The molecule has 0 aliphatic heterocycles. The van der Waals surface area contributed by atoms with Gasteiger partial charge in [-0.15, -0.1) is 0 Å². The van der Waals surface area contributed by atoms with E-state index in [2.05, 4.69) is 25.5 Å². The average Bonchev–Trinajstić information content (AvgIpc) is 3.04. The first kappa shape index (κ1) is 13.3. The highest BCUT2D eigenvalue weighted by molar-refractivity contribution is 6.32. The van der Waals surface area contributed by atoms with E-state index < -0.39 is 0 Å². The maximum atomic E-state index is 6.28. The van der Waals surface area contributed by atoms with Gasteiger partial charge in [-0.1, -0.05) is 16.8 Å². The van der Waals surface area contributed by atoms with E-state index in [0.717, 1.165) is 30.1 Å². The largest absolute Gasteiger partial charge is 0.378 e. The summed E-state index contributed by atoms with van der Waals surface area (Å²) in [5.41, 5.74) is 1.66. The van der Waals surface area contributed by atoms with Crippen LogP contribution in [0.25, 0.3) is 5.69 Å². The molecule has 0 amide bonds. The third kappa shape index (κ3) is 2.67. The highest BCUT2D eigenvalue weighted by Gasteiger charge is 2.29. The molecule has 2 aromatic heterocycles. The molecule has 8 heteroatoms. The molecule has 1 aliphatic rings. The van der Waals surface area contributed by atoms with Gasteiger partial charge in [0.25, 0.3) is 0 Å². The van der Waals surface area contributed by atoms with Gasteiger partial charge in [0.15, 0.2) is 5.82 Å². The summed E-state index contributed by atoms with van der Waals surface area (Å²) >= 11 is 6.28. The zero-order valence-electron chi connectivity index (χ0n) is 11.6. The topological polar surface area (TPSA) is 81.7 Å². The van der Waals surface area contributed by atoms with Gasteiger partial charge in [0.1, 0.15) is 12.7 Å². The minimum Gasteiger partial charge on any atom is -0.378 e. The van der Waals surface area contributed by atoms with Crippen molar-refractivity contribution in [2.75, 3.05) is 5.32 Å². The Morgan fingerprint density at radius 1 is 1.36 bits per heavy atom. The second-order valence-corrected chi connectivity index (χ2v) is 5.59. The Hall–Kier alpha value is -2.41. The number of rotatable bonds is 5. The molecule has 112 valence electrons. The van der Waals surface area contributed by atoms with E-state index >= 15 is 0 Å². The van der Waals surface area contributed by atoms with Gasteiger partial charge in [-0.05, 0) is 31.0 Å². The highest BCUT2D eigenvalue weighted by Crippen LogP contribution is 2.38. The van der Waals surface area contributed by atoms with Gasteiger partial charge >= 0.3 is 0 Å². The molecule has 1 N–H and O–H groups in total. The fourth-order valence-corrected chi connectivity index (χ4v) is 2.42. The van der Waals surface area contributed by atoms with Crippen LogP contribution in [0.15, 0.2) is 35.4 Å². The first-order valence-corrected chi connectivity index (χ1v) is 7.38. The molecule has 1 aromatic carbocycles. The summed E-state index contributed by atoms with van der Waals surface area (Å²) in [5, 5.41) is 11.9. The van der Waals surface area contributed by atoms with Crippen LogP contribution in [-0.4, -0.2) is 24.9 Å². The van der Waals surface area contributed by atoms with E-state index in [1.54, 1.807) is 11.0 Å². The lowest BCUT2D eigenvalue weighted by molar-refractivity contribution is 0.374. The van der Waals surface area contributed by atoms with E-state index in [-0.39, 0.29) is 0 Å². The first-order chi connectivity index (χ1) is 10.8. The van der Waals surface area contributed by atoms with Crippen LogP contribution in [0.2, 0.25) is 5.02 Å². The molecule has 0 atom stereocenters. The molecule has 0 spiro atoms. The third-order valence-corrected chi connectivity index (χ3v) is 3.78. The molecule has 22 heavy (non-hydrogen) atoms. The quantitative estimate of drug-likeness (QED) is 0.779. The van der Waals surface area contributed by atoms with Crippen LogP contribution in [0.5, 0.6) is 0 Å². The molecule has 0 radical (unpaired) electrons. The monoisotopic (exact) mass is 316 g/mol. The van der Waals surface area contributed by atoms with Crippen LogP contribution >= 0.6 is 11.6 Å². The van der Waals surface area contributed by atoms with Crippen molar-refractivity contribution in [2.45, 2.75) is 25.3 Å². The van der Waals surface area contributed by atoms with Crippen molar-refractivity contribution in [1.82, 2.24) is 24.9 Å². The zero-order chi connectivity index (χ0) is 14.9. The Kier molecular flexibility index (Phi) is 3.27. The van der Waals surface area contributed by atoms with Crippen LogP contribution in [0.1, 0.15) is 30.5 Å². The molecule has 1 aliphatic carbocycles. The predicted molar refractivity (Wildman–Crippen MR) is 80.0 cm³/mol. The average molecular weight is 317 g/mol. The number of benzene rings is 1. The standard InChI is InChI=1S/C14H13ClN6O/c15-11-5-10(3-4-12(11)21-8-16-7-18-21)17-6-13-19-14(22-20-13)9-1-2-9/h3-5,7-9,17H,1-2,6H2. The fraction of sp³-hybridized carbons (Fsp3) is 0.286. The van der Waals surface area contributed by atoms with Crippen LogP contribution in [0.3, 0.4) is 0 Å². The maximum Gasteiger partial charge on any atom is 0.229 e. The Morgan fingerprint density at radius 3 is 3.00 bits per heavy atom. The predicted octanol–water partition coefficient (Wildman–Crippen LogP) is 2.79. The second-order valence-electron chi connectivity index (χ2n) is 5.18. The summed E-state index contributed by atoms with van der Waals surface area (Å²) in [5.74, 6) is 1.87. The zero-order valence-corrected chi connectivity index (χ0v) is 12.4. The number of halogens is 1. The Balaban J connectivity index is 1.45. The summed E-state index contributed by atoms with van der Waals surface area (Å²) in [6, 6.07) is 5.64. The van der Waals surface area contributed by atoms with Gasteiger partial charge < -0.3 is 9.84 Å². The summed E-state index contributed by atoms with van der Waals surface area (Å²) in [7, 11) is 0. The normalized spacial score (nSPS) is 14.2. The van der Waals surface area contributed by atoms with Crippen LogP contribution in [0, 0.1) is 0 Å². The first-order valence-electron chi connectivity index (χ1n) is 7.00. The van der Waals surface area contributed by atoms with Gasteiger partial charge in [0, 0.05) is 11.6 Å². The van der Waals surface area contributed by atoms with Crippen molar-refractivity contribution >= 4 is 17.3 Å². The van der Waals surface area contributed by atoms with Gasteiger partial charge in [0.05, 0.1) is 17.3 Å². The lowest BCUT2D eigenvalue weighted by Gasteiger charge is -2.07. The molecule has 1 fully saturated rings. The number of nitrogens with one attached hydrogen (secondary N) is 1. The number of aromatic nitrogens is 5. The second kappa shape index (κ2) is 5.42. The minimum absolute atomic E-state index is 0.470. The van der Waals surface area contributed by atoms with Gasteiger partial charge in [-0.2, -0.15) is 10.1 Å². The molecule has 0 bridgehead atoms. The van der Waals surface area contributed by atoms with Gasteiger partial charge in [0.2, 0.25) is 5.89 Å². The summed E-state index contributed by atoms with van der Waals surface area (Å²) < 4.78 is 6.84. The fourth-order valence-electron chi connectivity index (χ4n) is 2.15. The number of nitrogens with zero attached hydrogens (tertiary/aromatic N) is 5. The summed E-state index contributed by atoms with van der Waals surface area (Å²) in [4.78, 5) is 8.28. The summed E-state index contributed by atoms with van der Waals surface area (Å²) in [6.45, 7) is 0.495. The van der Waals surface area contributed by atoms with E-state index in [0.29, 0.717) is 23.3 Å². The van der Waals surface area contributed by atoms with E-state index in [4.69, 9.17) is 16.1 Å². The van der Waals surface area contributed by atoms with Crippen molar-refractivity contribution in [3.05, 3.63) is 47.6 Å². The third-order valence-electron chi connectivity index (χ3n) is 3.47. The molecule has 3 aromatic rings. The molecular formula is C14H13ClN6O. The molecule has 0 unspecified atom stereocenters. The van der Waals surface area contributed by atoms with Gasteiger partial charge in [-0.3, -0.25) is 0 Å². The molecule has 1 saturated carbocycles. The van der Waals surface area contributed by atoms with Crippen LogP contribution in [0.4, 0.5) is 5.69 Å². The molecule has 7 nitrogen and oxygen atoms in total. The smallest absolute Gasteiger partial charge is 0.229 e. The van der Waals surface area contributed by atoms with Crippen molar-refractivity contribution in [1.29, 1.82) is 0 Å². The number of hydrogen-bond donors (Lipinski definition) is 1. The molecule has 4 rings (SSSR count). The van der Waals surface area contributed by atoms with Crippen molar-refractivity contribution < 1.29 is 4.52 Å².